The summed E-state index contributed by atoms with van der Waals surface area (Å²) in [6.45, 7) is 7.15. The van der Waals surface area contributed by atoms with E-state index in [4.69, 9.17) is 0 Å². The lowest BCUT2D eigenvalue weighted by Crippen LogP contribution is -2.36. The number of aryl methyl sites for hydroxylation is 2. The van der Waals surface area contributed by atoms with Gasteiger partial charge in [-0.2, -0.15) is 0 Å². The zero-order valence-corrected chi connectivity index (χ0v) is 19.7. The van der Waals surface area contributed by atoms with E-state index >= 15 is 0 Å². The Hall–Kier alpha value is -1.68. The number of nitrogens with zero attached hydrogens (tertiary/aromatic N) is 1. The van der Waals surface area contributed by atoms with Gasteiger partial charge in [-0.1, -0.05) is 24.3 Å². The molecule has 8 heteroatoms. The Balaban J connectivity index is 0.00000392. The molecule has 2 N–H and O–H groups in total. The van der Waals surface area contributed by atoms with Gasteiger partial charge in [-0.15, -0.1) is 24.0 Å². The van der Waals surface area contributed by atoms with E-state index in [0.29, 0.717) is 41.6 Å². The molecule has 0 saturated heterocycles. The molecule has 2 aromatic carbocycles. The van der Waals surface area contributed by atoms with Crippen LogP contribution in [0.25, 0.3) is 0 Å². The molecule has 0 unspecified atom stereocenters. The average Bonchev–Trinajstić information content (AvgIpc) is 2.59. The summed E-state index contributed by atoms with van der Waals surface area (Å²) < 4.78 is 36.8. The second-order valence-corrected chi connectivity index (χ2v) is 8.49. The molecule has 0 amide bonds. The summed E-state index contributed by atoms with van der Waals surface area (Å²) in [6.07, 6.45) is 1.21. The summed E-state index contributed by atoms with van der Waals surface area (Å²) in [5.74, 6) is 0.427. The van der Waals surface area contributed by atoms with Crippen molar-refractivity contribution < 1.29 is 12.8 Å². The van der Waals surface area contributed by atoms with Crippen molar-refractivity contribution in [1.82, 2.24) is 10.6 Å². The minimum Gasteiger partial charge on any atom is -0.357 e. The third kappa shape index (κ3) is 7.05. The van der Waals surface area contributed by atoms with Gasteiger partial charge in [0.05, 0.1) is 11.4 Å². The van der Waals surface area contributed by atoms with E-state index in [9.17, 15) is 12.8 Å². The molecule has 0 aliphatic heterocycles. The average molecular weight is 519 g/mol. The smallest absolute Gasteiger partial charge is 0.191 e. The number of sulfone groups is 1. The van der Waals surface area contributed by atoms with Crippen LogP contribution in [0.3, 0.4) is 0 Å². The van der Waals surface area contributed by atoms with Crippen LogP contribution in [0.5, 0.6) is 0 Å². The van der Waals surface area contributed by atoms with Crippen molar-refractivity contribution in [2.45, 2.75) is 38.8 Å². The lowest BCUT2D eigenvalue weighted by atomic mass is 10.1. The molecular formula is C20H27FIN3O2S. The molecule has 0 fully saturated rings. The van der Waals surface area contributed by atoms with Crippen molar-refractivity contribution >= 4 is 39.8 Å². The summed E-state index contributed by atoms with van der Waals surface area (Å²) in [4.78, 5) is 4.88. The summed E-state index contributed by atoms with van der Waals surface area (Å²) in [5, 5.41) is 6.39. The molecular weight excluding hydrogens is 492 g/mol. The summed E-state index contributed by atoms with van der Waals surface area (Å²) in [7, 11) is -3.22. The first kappa shape index (κ1) is 24.4. The van der Waals surface area contributed by atoms with E-state index in [1.807, 2.05) is 13.0 Å². The molecule has 0 radical (unpaired) electrons. The number of nitrogens with one attached hydrogen (secondary N) is 2. The lowest BCUT2D eigenvalue weighted by Gasteiger charge is -2.12. The Bertz CT molecular complexity index is 946. The summed E-state index contributed by atoms with van der Waals surface area (Å²) in [5.41, 5.74) is 3.21. The van der Waals surface area contributed by atoms with Gasteiger partial charge < -0.3 is 10.6 Å². The van der Waals surface area contributed by atoms with Crippen molar-refractivity contribution in [2.24, 2.45) is 4.99 Å². The van der Waals surface area contributed by atoms with E-state index < -0.39 is 9.84 Å². The van der Waals surface area contributed by atoms with Crippen LogP contribution in [0.15, 0.2) is 46.3 Å². The Morgan fingerprint density at radius 1 is 1.04 bits per heavy atom. The highest BCUT2D eigenvalue weighted by Gasteiger charge is 2.10. The van der Waals surface area contributed by atoms with Crippen LogP contribution < -0.4 is 10.6 Å². The van der Waals surface area contributed by atoms with Gasteiger partial charge in [-0.25, -0.2) is 17.8 Å². The van der Waals surface area contributed by atoms with Crippen LogP contribution in [0.1, 0.15) is 29.2 Å². The maximum Gasteiger partial charge on any atom is 0.191 e. The second kappa shape index (κ2) is 10.8. The van der Waals surface area contributed by atoms with Gasteiger partial charge in [0.1, 0.15) is 5.82 Å². The summed E-state index contributed by atoms with van der Waals surface area (Å²) in [6, 6.07) is 10.2. The van der Waals surface area contributed by atoms with E-state index in [-0.39, 0.29) is 29.8 Å². The van der Waals surface area contributed by atoms with Crippen LogP contribution in [-0.2, 0) is 22.9 Å². The van der Waals surface area contributed by atoms with Crippen LogP contribution in [0.4, 0.5) is 4.39 Å². The summed E-state index contributed by atoms with van der Waals surface area (Å²) >= 11 is 0. The maximum absolute atomic E-state index is 13.4. The number of benzene rings is 2. The fourth-order valence-electron chi connectivity index (χ4n) is 2.74. The van der Waals surface area contributed by atoms with Gasteiger partial charge in [0.15, 0.2) is 15.8 Å². The van der Waals surface area contributed by atoms with Gasteiger partial charge in [-0.05, 0) is 55.2 Å². The molecule has 0 spiro atoms. The molecule has 0 saturated carbocycles. The molecule has 5 nitrogen and oxygen atoms in total. The van der Waals surface area contributed by atoms with E-state index in [1.165, 1.54) is 12.3 Å². The third-order valence-electron chi connectivity index (χ3n) is 4.09. The SMILES string of the molecule is CCNC(=NCc1ccc(S(C)(=O)=O)c(C)c1)NCc1ccc(F)c(C)c1.I. The van der Waals surface area contributed by atoms with Gasteiger partial charge in [0.25, 0.3) is 0 Å². The molecule has 28 heavy (non-hydrogen) atoms. The Kier molecular flexibility index (Phi) is 9.35. The minimum atomic E-state index is -3.22. The molecule has 0 bridgehead atoms. The Morgan fingerprint density at radius 3 is 2.25 bits per heavy atom. The second-order valence-electron chi connectivity index (χ2n) is 6.50. The molecule has 0 aromatic heterocycles. The van der Waals surface area contributed by atoms with Gasteiger partial charge in [-0.3, -0.25) is 0 Å². The van der Waals surface area contributed by atoms with E-state index in [2.05, 4.69) is 15.6 Å². The number of hydrogen-bond acceptors (Lipinski definition) is 3. The first-order chi connectivity index (χ1) is 12.7. The lowest BCUT2D eigenvalue weighted by molar-refractivity contribution is 0.601. The van der Waals surface area contributed by atoms with Crippen molar-refractivity contribution in [3.63, 3.8) is 0 Å². The fourth-order valence-corrected chi connectivity index (χ4v) is 3.70. The number of aliphatic imine (C=N–C) groups is 1. The molecule has 0 aliphatic rings. The number of guanidine groups is 1. The van der Waals surface area contributed by atoms with Crippen LogP contribution in [0, 0.1) is 19.7 Å². The first-order valence-electron chi connectivity index (χ1n) is 8.77. The highest BCUT2D eigenvalue weighted by atomic mass is 127. The topological polar surface area (TPSA) is 70.6 Å². The van der Waals surface area contributed by atoms with Crippen molar-refractivity contribution in [1.29, 1.82) is 0 Å². The zero-order valence-electron chi connectivity index (χ0n) is 16.5. The zero-order chi connectivity index (χ0) is 20.0. The number of rotatable bonds is 6. The predicted molar refractivity (Wildman–Crippen MR) is 122 cm³/mol. The molecule has 0 atom stereocenters. The van der Waals surface area contributed by atoms with E-state index in [0.717, 1.165) is 11.1 Å². The fraction of sp³-hybridized carbons (Fsp3) is 0.350. The van der Waals surface area contributed by atoms with Crippen molar-refractivity contribution in [2.75, 3.05) is 12.8 Å². The first-order valence-corrected chi connectivity index (χ1v) is 10.7. The quantitative estimate of drug-likeness (QED) is 0.347. The van der Waals surface area contributed by atoms with E-state index in [1.54, 1.807) is 38.1 Å². The Morgan fingerprint density at radius 2 is 1.68 bits per heavy atom. The standard InChI is InChI=1S/C20H26FN3O2S.HI/c1-5-22-20(23-12-16-6-8-18(21)14(2)10-16)24-13-17-7-9-19(15(3)11-17)27(4,25)26;/h6-11H,5,12-13H2,1-4H3,(H2,22,23,24);1H. The predicted octanol–water partition coefficient (Wildman–Crippen LogP) is 3.72. The number of halogens is 2. The largest absolute Gasteiger partial charge is 0.357 e. The molecule has 2 aromatic rings. The minimum absolute atomic E-state index is 0. The molecule has 0 heterocycles. The highest BCUT2D eigenvalue weighted by molar-refractivity contribution is 14.0. The van der Waals surface area contributed by atoms with Gasteiger partial charge in [0.2, 0.25) is 0 Å². The highest BCUT2D eigenvalue weighted by Crippen LogP contribution is 2.17. The van der Waals surface area contributed by atoms with Crippen molar-refractivity contribution in [3.8, 4) is 0 Å². The number of hydrogen-bond donors (Lipinski definition) is 2. The monoisotopic (exact) mass is 519 g/mol. The van der Waals surface area contributed by atoms with Crippen LogP contribution in [0.2, 0.25) is 0 Å². The Labute approximate surface area is 183 Å². The van der Waals surface area contributed by atoms with Gasteiger partial charge >= 0.3 is 0 Å². The maximum atomic E-state index is 13.4. The molecule has 2 rings (SSSR count). The van der Waals surface area contributed by atoms with Crippen LogP contribution >= 0.6 is 24.0 Å². The van der Waals surface area contributed by atoms with Crippen LogP contribution in [-0.4, -0.2) is 27.2 Å². The third-order valence-corrected chi connectivity index (χ3v) is 5.34. The van der Waals surface area contributed by atoms with Crippen molar-refractivity contribution in [3.05, 3.63) is 64.5 Å². The van der Waals surface area contributed by atoms with Gasteiger partial charge in [0, 0.05) is 19.3 Å². The molecule has 0 aliphatic carbocycles. The normalized spacial score (nSPS) is 11.7. The molecule has 154 valence electrons.